The molecule has 112 valence electrons. The van der Waals surface area contributed by atoms with Crippen LogP contribution in [-0.2, 0) is 9.59 Å². The number of benzene rings is 1. The van der Waals surface area contributed by atoms with Crippen LogP contribution in [0.2, 0.25) is 0 Å². The number of piperidine rings is 1. The molecule has 1 atom stereocenters. The van der Waals surface area contributed by atoms with Crippen molar-refractivity contribution in [2.75, 3.05) is 6.61 Å². The highest BCUT2D eigenvalue weighted by molar-refractivity contribution is 5.99. The Morgan fingerprint density at radius 1 is 1.05 bits per heavy atom. The number of hydrogen-bond donors (Lipinski definition) is 1. The van der Waals surface area contributed by atoms with Crippen molar-refractivity contribution >= 4 is 11.8 Å². The zero-order valence-electron chi connectivity index (χ0n) is 12.1. The van der Waals surface area contributed by atoms with Gasteiger partial charge in [-0.15, -0.1) is 0 Å². The number of aliphatic hydroxyl groups is 1. The van der Waals surface area contributed by atoms with Gasteiger partial charge in [0.1, 0.15) is 0 Å². The lowest BCUT2D eigenvalue weighted by atomic mass is 9.76. The summed E-state index contributed by atoms with van der Waals surface area (Å²) in [6, 6.07) is 8.74. The van der Waals surface area contributed by atoms with Crippen LogP contribution in [0.5, 0.6) is 0 Å². The van der Waals surface area contributed by atoms with Crippen molar-refractivity contribution in [2.45, 2.75) is 44.6 Å². The highest BCUT2D eigenvalue weighted by Gasteiger charge is 2.46. The summed E-state index contributed by atoms with van der Waals surface area (Å²) in [6.07, 6.45) is 5.08. The van der Waals surface area contributed by atoms with Crippen LogP contribution in [0.15, 0.2) is 30.3 Å². The summed E-state index contributed by atoms with van der Waals surface area (Å²) in [5, 5.41) is 9.68. The molecule has 21 heavy (non-hydrogen) atoms. The van der Waals surface area contributed by atoms with Gasteiger partial charge in [-0.1, -0.05) is 43.2 Å². The summed E-state index contributed by atoms with van der Waals surface area (Å²) in [7, 11) is 0. The average molecular weight is 287 g/mol. The Hall–Kier alpha value is -1.68. The number of carbonyl (C=O) groups excluding carboxylic acids is 2. The molecule has 1 aliphatic heterocycles. The quantitative estimate of drug-likeness (QED) is 0.869. The Kier molecular flexibility index (Phi) is 3.81. The molecule has 1 saturated heterocycles. The minimum atomic E-state index is -0.551. The molecule has 1 saturated carbocycles. The molecule has 1 aromatic rings. The second-order valence-electron chi connectivity index (χ2n) is 6.33. The van der Waals surface area contributed by atoms with E-state index in [2.05, 4.69) is 0 Å². The fourth-order valence-electron chi connectivity index (χ4n) is 3.85. The number of rotatable bonds is 3. The van der Waals surface area contributed by atoms with Gasteiger partial charge >= 0.3 is 0 Å². The molecule has 1 spiro atoms. The van der Waals surface area contributed by atoms with E-state index in [0.29, 0.717) is 12.8 Å². The van der Waals surface area contributed by atoms with E-state index in [-0.39, 0.29) is 23.8 Å². The van der Waals surface area contributed by atoms with Gasteiger partial charge in [0.05, 0.1) is 12.6 Å². The molecule has 4 heteroatoms. The van der Waals surface area contributed by atoms with E-state index >= 15 is 0 Å². The molecule has 1 aromatic carbocycles. The Labute approximate surface area is 124 Å². The standard InChI is InChI=1S/C17H21NO3/c19-12-14(13-6-2-1-3-7-13)18-15(20)10-17(11-16(18)21)8-4-5-9-17/h1-3,6-7,14,19H,4-5,8-12H2. The number of aliphatic hydroxyl groups excluding tert-OH is 1. The maximum Gasteiger partial charge on any atom is 0.230 e. The fraction of sp³-hybridized carbons (Fsp3) is 0.529. The van der Waals surface area contributed by atoms with E-state index in [1.54, 1.807) is 0 Å². The number of hydrogen-bond acceptors (Lipinski definition) is 3. The van der Waals surface area contributed by atoms with Crippen LogP contribution in [0.4, 0.5) is 0 Å². The number of imide groups is 1. The maximum atomic E-state index is 12.5. The number of carbonyl (C=O) groups is 2. The zero-order chi connectivity index (χ0) is 14.9. The molecule has 4 nitrogen and oxygen atoms in total. The molecular formula is C17H21NO3. The Morgan fingerprint density at radius 3 is 2.14 bits per heavy atom. The second-order valence-corrected chi connectivity index (χ2v) is 6.33. The average Bonchev–Trinajstić information content (AvgIpc) is 2.91. The summed E-state index contributed by atoms with van der Waals surface area (Å²) >= 11 is 0. The van der Waals surface area contributed by atoms with Crippen LogP contribution in [0, 0.1) is 5.41 Å². The van der Waals surface area contributed by atoms with Gasteiger partial charge in [-0.05, 0) is 23.8 Å². The van der Waals surface area contributed by atoms with E-state index in [9.17, 15) is 14.7 Å². The summed E-state index contributed by atoms with van der Waals surface area (Å²) in [4.78, 5) is 26.4. The van der Waals surface area contributed by atoms with Crippen LogP contribution < -0.4 is 0 Å². The highest BCUT2D eigenvalue weighted by atomic mass is 16.3. The van der Waals surface area contributed by atoms with E-state index < -0.39 is 6.04 Å². The second kappa shape index (κ2) is 5.60. The molecule has 1 N–H and O–H groups in total. The molecule has 0 bridgehead atoms. The van der Waals surface area contributed by atoms with Gasteiger partial charge in [-0.2, -0.15) is 0 Å². The van der Waals surface area contributed by atoms with Crippen molar-refractivity contribution in [3.63, 3.8) is 0 Å². The van der Waals surface area contributed by atoms with Gasteiger partial charge in [-0.25, -0.2) is 0 Å². The van der Waals surface area contributed by atoms with Crippen molar-refractivity contribution in [2.24, 2.45) is 5.41 Å². The van der Waals surface area contributed by atoms with Gasteiger partial charge in [0, 0.05) is 12.8 Å². The Balaban J connectivity index is 1.85. The Bertz CT molecular complexity index is 514. The van der Waals surface area contributed by atoms with E-state index in [4.69, 9.17) is 0 Å². The first-order chi connectivity index (χ1) is 10.2. The van der Waals surface area contributed by atoms with Crippen LogP contribution in [-0.4, -0.2) is 28.4 Å². The minimum absolute atomic E-state index is 0.0959. The van der Waals surface area contributed by atoms with Crippen molar-refractivity contribution in [3.05, 3.63) is 35.9 Å². The molecule has 3 rings (SSSR count). The number of amides is 2. The lowest BCUT2D eigenvalue weighted by Crippen LogP contribution is -2.49. The fourth-order valence-corrected chi connectivity index (χ4v) is 3.85. The first-order valence-electron chi connectivity index (χ1n) is 7.66. The van der Waals surface area contributed by atoms with Gasteiger partial charge in [-0.3, -0.25) is 14.5 Å². The summed E-state index contributed by atoms with van der Waals surface area (Å²) in [5.74, 6) is -0.257. The molecule has 0 radical (unpaired) electrons. The molecule has 1 aliphatic carbocycles. The van der Waals surface area contributed by atoms with Crippen LogP contribution in [0.3, 0.4) is 0 Å². The van der Waals surface area contributed by atoms with E-state index in [1.165, 1.54) is 4.90 Å². The van der Waals surface area contributed by atoms with E-state index in [0.717, 1.165) is 31.2 Å². The van der Waals surface area contributed by atoms with Crippen molar-refractivity contribution < 1.29 is 14.7 Å². The van der Waals surface area contributed by atoms with Crippen molar-refractivity contribution in [1.29, 1.82) is 0 Å². The molecule has 2 aliphatic rings. The third kappa shape index (κ3) is 2.60. The van der Waals surface area contributed by atoms with Gasteiger partial charge in [0.15, 0.2) is 0 Å². The van der Waals surface area contributed by atoms with Gasteiger partial charge in [0.25, 0.3) is 0 Å². The van der Waals surface area contributed by atoms with Gasteiger partial charge < -0.3 is 5.11 Å². The van der Waals surface area contributed by atoms with Crippen LogP contribution in [0.1, 0.15) is 50.1 Å². The normalized spacial score (nSPS) is 22.8. The third-order valence-corrected chi connectivity index (χ3v) is 4.92. The van der Waals surface area contributed by atoms with Crippen molar-refractivity contribution in [1.82, 2.24) is 4.90 Å². The first-order valence-corrected chi connectivity index (χ1v) is 7.66. The van der Waals surface area contributed by atoms with Crippen LogP contribution >= 0.6 is 0 Å². The monoisotopic (exact) mass is 287 g/mol. The maximum absolute atomic E-state index is 12.5. The van der Waals surface area contributed by atoms with Gasteiger partial charge in [0.2, 0.25) is 11.8 Å². The van der Waals surface area contributed by atoms with Crippen LogP contribution in [0.25, 0.3) is 0 Å². The molecule has 2 amide bonds. The zero-order valence-corrected chi connectivity index (χ0v) is 12.1. The molecule has 1 heterocycles. The lowest BCUT2D eigenvalue weighted by molar-refractivity contribution is -0.157. The van der Waals surface area contributed by atoms with E-state index in [1.807, 2.05) is 30.3 Å². The summed E-state index contributed by atoms with van der Waals surface area (Å²) < 4.78 is 0. The lowest BCUT2D eigenvalue weighted by Gasteiger charge is -2.40. The summed E-state index contributed by atoms with van der Waals surface area (Å²) in [6.45, 7) is -0.228. The highest BCUT2D eigenvalue weighted by Crippen LogP contribution is 2.48. The third-order valence-electron chi connectivity index (χ3n) is 4.92. The SMILES string of the molecule is O=C1CC2(CCCC2)CC(=O)N1C(CO)c1ccccc1. The topological polar surface area (TPSA) is 57.6 Å². The number of nitrogens with zero attached hydrogens (tertiary/aromatic N) is 1. The Morgan fingerprint density at radius 2 is 1.62 bits per heavy atom. The molecule has 1 unspecified atom stereocenters. The predicted molar refractivity (Wildman–Crippen MR) is 78.3 cm³/mol. The summed E-state index contributed by atoms with van der Waals surface area (Å²) in [5.41, 5.74) is 0.713. The first kappa shape index (κ1) is 14.3. The van der Waals surface area contributed by atoms with Crippen molar-refractivity contribution in [3.8, 4) is 0 Å². The number of likely N-dealkylation sites (tertiary alicyclic amines) is 1. The minimum Gasteiger partial charge on any atom is -0.394 e. The molecular weight excluding hydrogens is 266 g/mol. The predicted octanol–water partition coefficient (Wildman–Crippen LogP) is 2.43. The molecule has 2 fully saturated rings. The largest absolute Gasteiger partial charge is 0.394 e. The molecule has 0 aromatic heterocycles. The smallest absolute Gasteiger partial charge is 0.230 e.